The molecule has 0 saturated heterocycles. The molecule has 0 radical (unpaired) electrons. The van der Waals surface area contributed by atoms with E-state index in [1.807, 2.05) is 13.8 Å². The predicted molar refractivity (Wildman–Crippen MR) is 45.6 cm³/mol. The SMILES string of the molecule is Cc1oc2ccc(F)cc2c1C. The van der Waals surface area contributed by atoms with Gasteiger partial charge < -0.3 is 4.42 Å². The first-order chi connectivity index (χ1) is 5.68. The average molecular weight is 164 g/mol. The normalized spacial score (nSPS) is 10.9. The molecule has 0 aliphatic rings. The van der Waals surface area contributed by atoms with E-state index >= 15 is 0 Å². The minimum absolute atomic E-state index is 0.216. The number of aryl methyl sites for hydroxylation is 2. The fourth-order valence-electron chi connectivity index (χ4n) is 1.32. The fourth-order valence-corrected chi connectivity index (χ4v) is 1.32. The fraction of sp³-hybridized carbons (Fsp3) is 0.200. The summed E-state index contributed by atoms with van der Waals surface area (Å²) in [6, 6.07) is 4.57. The number of benzene rings is 1. The third-order valence-corrected chi connectivity index (χ3v) is 2.14. The standard InChI is InChI=1S/C10H9FO/c1-6-7(2)12-10-4-3-8(11)5-9(6)10/h3-5H,1-2H3. The van der Waals surface area contributed by atoms with Crippen LogP contribution in [-0.2, 0) is 0 Å². The lowest BCUT2D eigenvalue weighted by atomic mass is 10.1. The summed E-state index contributed by atoms with van der Waals surface area (Å²) >= 11 is 0. The maximum atomic E-state index is 12.8. The Balaban J connectivity index is 2.88. The summed E-state index contributed by atoms with van der Waals surface area (Å²) in [5, 5.41) is 0.868. The lowest BCUT2D eigenvalue weighted by Crippen LogP contribution is -1.73. The molecule has 0 aliphatic heterocycles. The first-order valence-electron chi connectivity index (χ1n) is 3.84. The largest absolute Gasteiger partial charge is 0.461 e. The van der Waals surface area contributed by atoms with Gasteiger partial charge in [0.2, 0.25) is 0 Å². The summed E-state index contributed by atoms with van der Waals surface area (Å²) in [4.78, 5) is 0. The molecule has 1 aromatic carbocycles. The van der Waals surface area contributed by atoms with E-state index in [1.54, 1.807) is 6.07 Å². The van der Waals surface area contributed by atoms with Crippen molar-refractivity contribution in [2.24, 2.45) is 0 Å². The molecule has 12 heavy (non-hydrogen) atoms. The molecule has 0 spiro atoms. The maximum absolute atomic E-state index is 12.8. The van der Waals surface area contributed by atoms with Crippen molar-refractivity contribution >= 4 is 11.0 Å². The summed E-state index contributed by atoms with van der Waals surface area (Å²) < 4.78 is 18.2. The molecular formula is C10H9FO. The summed E-state index contributed by atoms with van der Waals surface area (Å²) in [6.45, 7) is 3.81. The van der Waals surface area contributed by atoms with E-state index in [4.69, 9.17) is 4.42 Å². The van der Waals surface area contributed by atoms with E-state index in [9.17, 15) is 4.39 Å². The molecule has 2 rings (SSSR count). The van der Waals surface area contributed by atoms with Crippen LogP contribution in [0.25, 0.3) is 11.0 Å². The van der Waals surface area contributed by atoms with Crippen LogP contribution in [0.5, 0.6) is 0 Å². The van der Waals surface area contributed by atoms with Crippen LogP contribution in [0.2, 0.25) is 0 Å². The van der Waals surface area contributed by atoms with Gasteiger partial charge in [0.05, 0.1) is 0 Å². The van der Waals surface area contributed by atoms with Gasteiger partial charge in [-0.25, -0.2) is 4.39 Å². The van der Waals surface area contributed by atoms with Crippen molar-refractivity contribution < 1.29 is 8.81 Å². The minimum atomic E-state index is -0.216. The predicted octanol–water partition coefficient (Wildman–Crippen LogP) is 3.19. The molecule has 0 amide bonds. The number of halogens is 1. The molecule has 0 unspecified atom stereocenters. The molecule has 1 nitrogen and oxygen atoms in total. The van der Waals surface area contributed by atoms with Crippen LogP contribution in [0.3, 0.4) is 0 Å². The first kappa shape index (κ1) is 7.35. The van der Waals surface area contributed by atoms with Crippen molar-refractivity contribution in [3.8, 4) is 0 Å². The second kappa shape index (κ2) is 2.34. The second-order valence-corrected chi connectivity index (χ2v) is 2.92. The van der Waals surface area contributed by atoms with Crippen molar-refractivity contribution in [2.45, 2.75) is 13.8 Å². The Morgan fingerprint density at radius 3 is 2.75 bits per heavy atom. The Morgan fingerprint density at radius 2 is 2.00 bits per heavy atom. The van der Waals surface area contributed by atoms with Gasteiger partial charge in [0, 0.05) is 5.39 Å². The van der Waals surface area contributed by atoms with E-state index in [0.717, 1.165) is 22.3 Å². The van der Waals surface area contributed by atoms with Crippen molar-refractivity contribution in [1.82, 2.24) is 0 Å². The lowest BCUT2D eigenvalue weighted by Gasteiger charge is -1.88. The molecule has 2 aromatic rings. The monoisotopic (exact) mass is 164 g/mol. The zero-order chi connectivity index (χ0) is 8.72. The lowest BCUT2D eigenvalue weighted by molar-refractivity contribution is 0.573. The molecule has 0 bridgehead atoms. The third-order valence-electron chi connectivity index (χ3n) is 2.14. The van der Waals surface area contributed by atoms with E-state index in [0.29, 0.717) is 0 Å². The molecule has 0 atom stereocenters. The molecular weight excluding hydrogens is 155 g/mol. The molecule has 0 aliphatic carbocycles. The Bertz CT molecular complexity index is 429. The maximum Gasteiger partial charge on any atom is 0.134 e. The van der Waals surface area contributed by atoms with Gasteiger partial charge in [0.25, 0.3) is 0 Å². The Hall–Kier alpha value is -1.31. The third kappa shape index (κ3) is 0.916. The number of hydrogen-bond donors (Lipinski definition) is 0. The van der Waals surface area contributed by atoms with Crippen molar-refractivity contribution in [2.75, 3.05) is 0 Å². The van der Waals surface area contributed by atoms with Gasteiger partial charge in [0.15, 0.2) is 0 Å². The van der Waals surface area contributed by atoms with Gasteiger partial charge >= 0.3 is 0 Å². The van der Waals surface area contributed by atoms with E-state index in [1.165, 1.54) is 12.1 Å². The van der Waals surface area contributed by atoms with Crippen LogP contribution in [-0.4, -0.2) is 0 Å². The Morgan fingerprint density at radius 1 is 1.25 bits per heavy atom. The highest BCUT2D eigenvalue weighted by atomic mass is 19.1. The number of rotatable bonds is 0. The van der Waals surface area contributed by atoms with E-state index in [-0.39, 0.29) is 5.82 Å². The summed E-state index contributed by atoms with van der Waals surface area (Å²) in [5.74, 6) is 0.641. The van der Waals surface area contributed by atoms with E-state index in [2.05, 4.69) is 0 Å². The topological polar surface area (TPSA) is 13.1 Å². The molecule has 0 saturated carbocycles. The number of furan rings is 1. The van der Waals surface area contributed by atoms with Crippen LogP contribution < -0.4 is 0 Å². The zero-order valence-electron chi connectivity index (χ0n) is 7.02. The average Bonchev–Trinajstić information content (AvgIpc) is 2.31. The van der Waals surface area contributed by atoms with Gasteiger partial charge in [-0.2, -0.15) is 0 Å². The van der Waals surface area contributed by atoms with Gasteiger partial charge in [-0.3, -0.25) is 0 Å². The highest BCUT2D eigenvalue weighted by Crippen LogP contribution is 2.24. The summed E-state index contributed by atoms with van der Waals surface area (Å²) in [5.41, 5.74) is 1.77. The Kier molecular flexibility index (Phi) is 1.43. The first-order valence-corrected chi connectivity index (χ1v) is 3.84. The number of hydrogen-bond acceptors (Lipinski definition) is 1. The molecule has 2 heteroatoms. The number of fused-ring (bicyclic) bond motifs is 1. The Labute approximate surface area is 69.8 Å². The van der Waals surface area contributed by atoms with Crippen LogP contribution in [0.1, 0.15) is 11.3 Å². The highest BCUT2D eigenvalue weighted by Gasteiger charge is 2.06. The van der Waals surface area contributed by atoms with Crippen LogP contribution in [0.4, 0.5) is 4.39 Å². The molecule has 1 heterocycles. The smallest absolute Gasteiger partial charge is 0.134 e. The van der Waals surface area contributed by atoms with Crippen molar-refractivity contribution in [1.29, 1.82) is 0 Å². The zero-order valence-corrected chi connectivity index (χ0v) is 7.02. The van der Waals surface area contributed by atoms with E-state index < -0.39 is 0 Å². The van der Waals surface area contributed by atoms with Gasteiger partial charge in [-0.05, 0) is 37.6 Å². The second-order valence-electron chi connectivity index (χ2n) is 2.92. The highest BCUT2D eigenvalue weighted by molar-refractivity contribution is 5.81. The summed E-state index contributed by atoms with van der Waals surface area (Å²) in [6.07, 6.45) is 0. The van der Waals surface area contributed by atoms with Crippen LogP contribution >= 0.6 is 0 Å². The van der Waals surface area contributed by atoms with Crippen molar-refractivity contribution in [3.63, 3.8) is 0 Å². The van der Waals surface area contributed by atoms with Crippen LogP contribution in [0.15, 0.2) is 22.6 Å². The van der Waals surface area contributed by atoms with Crippen LogP contribution in [0, 0.1) is 19.7 Å². The van der Waals surface area contributed by atoms with Gasteiger partial charge in [-0.1, -0.05) is 0 Å². The van der Waals surface area contributed by atoms with Gasteiger partial charge in [-0.15, -0.1) is 0 Å². The minimum Gasteiger partial charge on any atom is -0.461 e. The molecule has 1 aromatic heterocycles. The molecule has 62 valence electrons. The van der Waals surface area contributed by atoms with Gasteiger partial charge in [0.1, 0.15) is 17.2 Å². The molecule has 0 fully saturated rings. The quantitative estimate of drug-likeness (QED) is 0.582. The molecule has 0 N–H and O–H groups in total. The van der Waals surface area contributed by atoms with Crippen molar-refractivity contribution in [3.05, 3.63) is 35.3 Å². The summed E-state index contributed by atoms with van der Waals surface area (Å²) in [7, 11) is 0.